The van der Waals surface area contributed by atoms with Gasteiger partial charge in [0.15, 0.2) is 0 Å². The standard InChI is InChI=1S/C14H28N2O3/c1-11(2)12(17)15(6)8-9-16(7)13(18)19-10-14(3,4)5/h11H,8-10H2,1-7H3. The topological polar surface area (TPSA) is 49.9 Å². The molecule has 19 heavy (non-hydrogen) atoms. The van der Waals surface area contributed by atoms with Crippen molar-refractivity contribution in [1.29, 1.82) is 0 Å². The summed E-state index contributed by atoms with van der Waals surface area (Å²) in [6, 6.07) is 0. The van der Waals surface area contributed by atoms with Crippen molar-refractivity contribution >= 4 is 12.0 Å². The van der Waals surface area contributed by atoms with Crippen molar-refractivity contribution in [1.82, 2.24) is 9.80 Å². The number of hydrogen-bond acceptors (Lipinski definition) is 3. The molecule has 0 aromatic heterocycles. The van der Waals surface area contributed by atoms with E-state index in [1.165, 1.54) is 4.90 Å². The second kappa shape index (κ2) is 7.36. The van der Waals surface area contributed by atoms with Crippen molar-refractivity contribution in [3.8, 4) is 0 Å². The SMILES string of the molecule is CC(C)C(=O)N(C)CCN(C)C(=O)OCC(C)(C)C. The summed E-state index contributed by atoms with van der Waals surface area (Å²) in [6.07, 6.45) is -0.347. The molecule has 0 atom stereocenters. The summed E-state index contributed by atoms with van der Waals surface area (Å²) < 4.78 is 5.19. The molecule has 0 heterocycles. The second-order valence-corrected chi connectivity index (χ2v) is 6.45. The number of carbonyl (C=O) groups is 2. The maximum absolute atomic E-state index is 11.7. The van der Waals surface area contributed by atoms with Gasteiger partial charge in [-0.05, 0) is 5.41 Å². The van der Waals surface area contributed by atoms with Crippen LogP contribution < -0.4 is 0 Å². The average molecular weight is 272 g/mol. The van der Waals surface area contributed by atoms with E-state index >= 15 is 0 Å². The van der Waals surface area contributed by atoms with Crippen LogP contribution in [-0.4, -0.2) is 55.6 Å². The van der Waals surface area contributed by atoms with Crippen LogP contribution in [0.5, 0.6) is 0 Å². The molecule has 0 aliphatic heterocycles. The molecule has 0 aromatic carbocycles. The summed E-state index contributed by atoms with van der Waals surface area (Å²) >= 11 is 0. The van der Waals surface area contributed by atoms with Crippen molar-refractivity contribution in [2.24, 2.45) is 11.3 Å². The second-order valence-electron chi connectivity index (χ2n) is 6.45. The van der Waals surface area contributed by atoms with Crippen LogP contribution in [0.25, 0.3) is 0 Å². The third-order valence-electron chi connectivity index (χ3n) is 2.58. The molecular weight excluding hydrogens is 244 g/mol. The highest BCUT2D eigenvalue weighted by Gasteiger charge is 2.18. The summed E-state index contributed by atoms with van der Waals surface area (Å²) in [4.78, 5) is 26.5. The molecule has 5 heteroatoms. The van der Waals surface area contributed by atoms with Gasteiger partial charge >= 0.3 is 6.09 Å². The van der Waals surface area contributed by atoms with Crippen LogP contribution >= 0.6 is 0 Å². The third kappa shape index (κ3) is 7.70. The van der Waals surface area contributed by atoms with Crippen molar-refractivity contribution in [2.75, 3.05) is 33.8 Å². The molecule has 5 nitrogen and oxygen atoms in total. The Bertz CT molecular complexity index is 308. The monoisotopic (exact) mass is 272 g/mol. The minimum Gasteiger partial charge on any atom is -0.449 e. The average Bonchev–Trinajstić information content (AvgIpc) is 2.30. The fraction of sp³-hybridized carbons (Fsp3) is 0.857. The highest BCUT2D eigenvalue weighted by Crippen LogP contribution is 2.13. The van der Waals surface area contributed by atoms with Gasteiger partial charge in [-0.15, -0.1) is 0 Å². The predicted octanol–water partition coefficient (Wildman–Crippen LogP) is 2.22. The molecule has 0 fully saturated rings. The van der Waals surface area contributed by atoms with Gasteiger partial charge in [0.1, 0.15) is 0 Å². The number of carbonyl (C=O) groups excluding carboxylic acids is 2. The summed E-state index contributed by atoms with van der Waals surface area (Å²) in [7, 11) is 3.43. The van der Waals surface area contributed by atoms with Crippen LogP contribution in [0.2, 0.25) is 0 Å². The fourth-order valence-corrected chi connectivity index (χ4v) is 1.33. The largest absolute Gasteiger partial charge is 0.449 e. The van der Waals surface area contributed by atoms with Crippen LogP contribution in [0.1, 0.15) is 34.6 Å². The molecule has 0 aliphatic rings. The molecule has 112 valence electrons. The maximum Gasteiger partial charge on any atom is 0.409 e. The number of rotatable bonds is 5. The van der Waals surface area contributed by atoms with Crippen LogP contribution in [0.4, 0.5) is 4.79 Å². The van der Waals surface area contributed by atoms with E-state index in [2.05, 4.69) is 0 Å². The van der Waals surface area contributed by atoms with Gasteiger partial charge in [0, 0.05) is 33.1 Å². The fourth-order valence-electron chi connectivity index (χ4n) is 1.33. The Morgan fingerprint density at radius 1 is 1.05 bits per heavy atom. The Labute approximate surface area is 116 Å². The van der Waals surface area contributed by atoms with Crippen LogP contribution in [0, 0.1) is 11.3 Å². The smallest absolute Gasteiger partial charge is 0.409 e. The lowest BCUT2D eigenvalue weighted by atomic mass is 9.99. The molecule has 0 saturated heterocycles. The number of hydrogen-bond donors (Lipinski definition) is 0. The van der Waals surface area contributed by atoms with Crippen LogP contribution in [-0.2, 0) is 9.53 Å². The van der Waals surface area contributed by atoms with Crippen molar-refractivity contribution in [3.05, 3.63) is 0 Å². The van der Waals surface area contributed by atoms with E-state index in [0.29, 0.717) is 19.7 Å². The zero-order chi connectivity index (χ0) is 15.2. The first kappa shape index (κ1) is 17.7. The van der Waals surface area contributed by atoms with Gasteiger partial charge in [0.05, 0.1) is 6.61 Å². The molecule has 2 amide bonds. The molecule has 0 radical (unpaired) electrons. The molecule has 0 saturated carbocycles. The highest BCUT2D eigenvalue weighted by atomic mass is 16.6. The first-order valence-electron chi connectivity index (χ1n) is 6.67. The highest BCUT2D eigenvalue weighted by molar-refractivity contribution is 5.77. The normalized spacial score (nSPS) is 11.4. The van der Waals surface area contributed by atoms with Crippen LogP contribution in [0.15, 0.2) is 0 Å². The summed E-state index contributed by atoms with van der Waals surface area (Å²) in [5, 5.41) is 0. The van der Waals surface area contributed by atoms with E-state index in [1.807, 2.05) is 34.6 Å². The predicted molar refractivity (Wildman–Crippen MR) is 75.9 cm³/mol. The first-order chi connectivity index (χ1) is 8.54. The van der Waals surface area contributed by atoms with Gasteiger partial charge in [-0.3, -0.25) is 4.79 Å². The number of amides is 2. The Morgan fingerprint density at radius 3 is 1.95 bits per heavy atom. The Kier molecular flexibility index (Phi) is 6.87. The first-order valence-corrected chi connectivity index (χ1v) is 6.67. The summed E-state index contributed by atoms with van der Waals surface area (Å²) in [5.74, 6) is 0.0552. The van der Waals surface area contributed by atoms with Gasteiger partial charge < -0.3 is 14.5 Å². The minimum atomic E-state index is -0.347. The Hall–Kier alpha value is -1.26. The maximum atomic E-state index is 11.7. The zero-order valence-corrected chi connectivity index (χ0v) is 13.3. The minimum absolute atomic E-state index is 0.0249. The number of ether oxygens (including phenoxy) is 1. The van der Waals surface area contributed by atoms with Gasteiger partial charge in [0.2, 0.25) is 5.91 Å². The Morgan fingerprint density at radius 2 is 1.53 bits per heavy atom. The lowest BCUT2D eigenvalue weighted by Gasteiger charge is -2.25. The van der Waals surface area contributed by atoms with Gasteiger partial charge in [0.25, 0.3) is 0 Å². The quantitative estimate of drug-likeness (QED) is 0.771. The molecule has 0 aliphatic carbocycles. The molecule has 0 rings (SSSR count). The van der Waals surface area contributed by atoms with Gasteiger partial charge in [-0.1, -0.05) is 34.6 Å². The van der Waals surface area contributed by atoms with Crippen molar-refractivity contribution < 1.29 is 14.3 Å². The lowest BCUT2D eigenvalue weighted by molar-refractivity contribution is -0.133. The molecule has 0 unspecified atom stereocenters. The van der Waals surface area contributed by atoms with E-state index in [9.17, 15) is 9.59 Å². The van der Waals surface area contributed by atoms with Crippen LogP contribution in [0.3, 0.4) is 0 Å². The van der Waals surface area contributed by atoms with Crippen molar-refractivity contribution in [3.63, 3.8) is 0 Å². The van der Waals surface area contributed by atoms with E-state index < -0.39 is 0 Å². The van der Waals surface area contributed by atoms with E-state index in [-0.39, 0.29) is 23.3 Å². The Balaban J connectivity index is 4.07. The number of likely N-dealkylation sites (N-methyl/N-ethyl adjacent to an activating group) is 2. The number of nitrogens with zero attached hydrogens (tertiary/aromatic N) is 2. The van der Waals surface area contributed by atoms with E-state index in [1.54, 1.807) is 19.0 Å². The van der Waals surface area contributed by atoms with Gasteiger partial charge in [-0.2, -0.15) is 0 Å². The molecule has 0 spiro atoms. The van der Waals surface area contributed by atoms with Crippen molar-refractivity contribution in [2.45, 2.75) is 34.6 Å². The molecule has 0 N–H and O–H groups in total. The lowest BCUT2D eigenvalue weighted by Crippen LogP contribution is -2.39. The summed E-state index contributed by atoms with van der Waals surface area (Å²) in [5.41, 5.74) is -0.0408. The zero-order valence-electron chi connectivity index (χ0n) is 13.3. The van der Waals surface area contributed by atoms with Gasteiger partial charge in [-0.25, -0.2) is 4.79 Å². The molecule has 0 bridgehead atoms. The third-order valence-corrected chi connectivity index (χ3v) is 2.58. The summed E-state index contributed by atoms with van der Waals surface area (Å²) in [6.45, 7) is 11.1. The molecular formula is C14H28N2O3. The van der Waals surface area contributed by atoms with E-state index in [0.717, 1.165) is 0 Å². The van der Waals surface area contributed by atoms with E-state index in [4.69, 9.17) is 4.74 Å². The molecule has 0 aromatic rings.